The molecule has 114 valence electrons. The molecule has 1 saturated carbocycles. The van der Waals surface area contributed by atoms with Crippen molar-refractivity contribution in [3.63, 3.8) is 0 Å². The fraction of sp³-hybridized carbons (Fsp3) is 0.579. The molecule has 1 nitrogen and oxygen atoms in total. The molecule has 0 aliphatic heterocycles. The van der Waals surface area contributed by atoms with Gasteiger partial charge < -0.3 is 5.11 Å². The average molecular weight is 276 g/mol. The maximum Gasteiger partial charge on any atom is 0.0568 e. The highest BCUT2D eigenvalue weighted by Gasteiger charge is 2.22. The van der Waals surface area contributed by atoms with Gasteiger partial charge in [-0.3, -0.25) is 0 Å². The maximum atomic E-state index is 9.19. The van der Waals surface area contributed by atoms with E-state index in [0.717, 1.165) is 19.3 Å². The summed E-state index contributed by atoms with van der Waals surface area (Å²) in [5.74, 6) is 0.620. The van der Waals surface area contributed by atoms with Gasteiger partial charge in [-0.15, -0.1) is 0 Å². The summed E-state index contributed by atoms with van der Waals surface area (Å²) in [5.41, 5.74) is 2.63. The van der Waals surface area contributed by atoms with Gasteiger partial charge in [-0.25, -0.2) is 0 Å². The molecule has 2 aliphatic carbocycles. The number of aliphatic hydroxyl groups is 1. The van der Waals surface area contributed by atoms with Gasteiger partial charge in [0.2, 0.25) is 0 Å². The lowest BCUT2D eigenvalue weighted by atomic mass is 10.0. The summed E-state index contributed by atoms with van der Waals surface area (Å²) in [4.78, 5) is 0. The van der Waals surface area contributed by atoms with Crippen LogP contribution in [-0.2, 0) is 0 Å². The Hall–Kier alpha value is -1.08. The average Bonchev–Trinajstić information content (AvgIpc) is 3.10. The number of aliphatic hydroxyl groups excluding tert-OH is 1. The molecular weight excluding hydrogens is 244 g/mol. The second-order valence-electron chi connectivity index (χ2n) is 4.96. The molecule has 20 heavy (non-hydrogen) atoms. The molecule has 0 spiro atoms. The molecule has 0 bridgehead atoms. The molecule has 1 heteroatoms. The van der Waals surface area contributed by atoms with E-state index in [1.807, 2.05) is 26.8 Å². The van der Waals surface area contributed by atoms with Crippen LogP contribution in [0.15, 0.2) is 48.1 Å². The molecule has 0 amide bonds. The Balaban J connectivity index is 0.000000327. The summed E-state index contributed by atoms with van der Waals surface area (Å²) >= 11 is 0. The summed E-state index contributed by atoms with van der Waals surface area (Å²) in [6.07, 6.45) is 16.1. The predicted molar refractivity (Wildman–Crippen MR) is 90.8 cm³/mol. The predicted octanol–water partition coefficient (Wildman–Crippen LogP) is 5.59. The third-order valence-corrected chi connectivity index (χ3v) is 3.74. The largest absolute Gasteiger partial charge is 0.393 e. The molecule has 2 aliphatic rings. The van der Waals surface area contributed by atoms with Crippen molar-refractivity contribution in [2.24, 2.45) is 5.92 Å². The van der Waals surface area contributed by atoms with Crippen LogP contribution < -0.4 is 0 Å². The zero-order valence-corrected chi connectivity index (χ0v) is 13.7. The van der Waals surface area contributed by atoms with E-state index in [4.69, 9.17) is 0 Å². The molecule has 0 heterocycles. The van der Waals surface area contributed by atoms with Crippen molar-refractivity contribution in [3.8, 4) is 0 Å². The Labute approximate surface area is 125 Å². The van der Waals surface area contributed by atoms with Gasteiger partial charge in [0.05, 0.1) is 6.10 Å². The highest BCUT2D eigenvalue weighted by atomic mass is 16.3. The van der Waals surface area contributed by atoms with Crippen LogP contribution in [0.5, 0.6) is 0 Å². The lowest BCUT2D eigenvalue weighted by Crippen LogP contribution is -2.10. The molecule has 1 fully saturated rings. The van der Waals surface area contributed by atoms with Gasteiger partial charge in [0, 0.05) is 0 Å². The third-order valence-electron chi connectivity index (χ3n) is 3.74. The molecule has 2 atom stereocenters. The summed E-state index contributed by atoms with van der Waals surface area (Å²) in [5, 5.41) is 9.19. The van der Waals surface area contributed by atoms with E-state index in [1.165, 1.54) is 24.0 Å². The van der Waals surface area contributed by atoms with E-state index in [0.29, 0.717) is 5.92 Å². The van der Waals surface area contributed by atoms with Crippen molar-refractivity contribution in [3.05, 3.63) is 48.1 Å². The minimum absolute atomic E-state index is 0.0278. The first-order chi connectivity index (χ1) is 9.72. The third kappa shape index (κ3) is 6.38. The summed E-state index contributed by atoms with van der Waals surface area (Å²) < 4.78 is 0. The quantitative estimate of drug-likeness (QED) is 0.712. The summed E-state index contributed by atoms with van der Waals surface area (Å²) in [6.45, 7) is 11.9. The van der Waals surface area contributed by atoms with Crippen LogP contribution in [0.2, 0.25) is 0 Å². The number of rotatable bonds is 3. The first kappa shape index (κ1) is 18.9. The Bertz CT molecular complexity index is 347. The van der Waals surface area contributed by atoms with Crippen LogP contribution in [0.1, 0.15) is 59.8 Å². The Morgan fingerprint density at radius 3 is 2.45 bits per heavy atom. The van der Waals surface area contributed by atoms with Crippen molar-refractivity contribution in [1.29, 1.82) is 0 Å². The molecule has 0 aromatic rings. The van der Waals surface area contributed by atoms with Gasteiger partial charge in [0.1, 0.15) is 0 Å². The molecule has 0 saturated heterocycles. The summed E-state index contributed by atoms with van der Waals surface area (Å²) in [6, 6.07) is 0. The number of hydrogen-bond acceptors (Lipinski definition) is 1. The van der Waals surface area contributed by atoms with Crippen LogP contribution >= 0.6 is 0 Å². The second-order valence-corrected chi connectivity index (χ2v) is 4.96. The van der Waals surface area contributed by atoms with Gasteiger partial charge in [-0.1, -0.05) is 70.6 Å². The molecule has 0 radical (unpaired) electrons. The van der Waals surface area contributed by atoms with E-state index in [9.17, 15) is 5.11 Å². The fourth-order valence-corrected chi connectivity index (χ4v) is 2.57. The lowest BCUT2D eigenvalue weighted by molar-refractivity contribution is 0.130. The highest BCUT2D eigenvalue weighted by Crippen LogP contribution is 2.27. The highest BCUT2D eigenvalue weighted by molar-refractivity contribution is 5.45. The molecular formula is C19H32O. The Morgan fingerprint density at radius 2 is 2.05 bits per heavy atom. The molecule has 0 aromatic heterocycles. The van der Waals surface area contributed by atoms with E-state index in [-0.39, 0.29) is 6.10 Å². The first-order valence-corrected chi connectivity index (χ1v) is 8.05. The Kier molecular flexibility index (Phi) is 11.1. The van der Waals surface area contributed by atoms with Crippen molar-refractivity contribution in [1.82, 2.24) is 0 Å². The van der Waals surface area contributed by atoms with Gasteiger partial charge >= 0.3 is 0 Å². The van der Waals surface area contributed by atoms with E-state index in [2.05, 4.69) is 37.8 Å². The van der Waals surface area contributed by atoms with Crippen molar-refractivity contribution in [2.75, 3.05) is 0 Å². The standard InChI is InChI=1S/C10H12.C7H14O.C2H6/c1-3-6-10-8-5-7-9(10)4-2;1-2-6-4-3-5-7(6)8;1-2/h3-6,8H,2,7H2,1H3;6-8H,2-5H2,1H3;1-2H3/b6-3-;;. The first-order valence-electron chi connectivity index (χ1n) is 8.05. The van der Waals surface area contributed by atoms with Crippen molar-refractivity contribution >= 4 is 0 Å². The van der Waals surface area contributed by atoms with Crippen LogP contribution in [-0.4, -0.2) is 11.2 Å². The van der Waals surface area contributed by atoms with Gasteiger partial charge in [0.15, 0.2) is 0 Å². The lowest BCUT2D eigenvalue weighted by Gasteiger charge is -2.09. The molecule has 1 N–H and O–H groups in total. The summed E-state index contributed by atoms with van der Waals surface area (Å²) in [7, 11) is 0. The van der Waals surface area contributed by atoms with Crippen LogP contribution in [0.3, 0.4) is 0 Å². The van der Waals surface area contributed by atoms with E-state index < -0.39 is 0 Å². The molecule has 2 rings (SSSR count). The van der Waals surface area contributed by atoms with Crippen LogP contribution in [0.25, 0.3) is 0 Å². The zero-order chi connectivity index (χ0) is 15.4. The molecule has 0 aromatic carbocycles. The number of allylic oxidation sites excluding steroid dienone is 7. The Morgan fingerprint density at radius 1 is 1.35 bits per heavy atom. The normalized spacial score (nSPS) is 24.2. The second kappa shape index (κ2) is 11.7. The zero-order valence-electron chi connectivity index (χ0n) is 13.7. The monoisotopic (exact) mass is 276 g/mol. The van der Waals surface area contributed by atoms with Gasteiger partial charge in [0.25, 0.3) is 0 Å². The smallest absolute Gasteiger partial charge is 0.0568 e. The topological polar surface area (TPSA) is 20.2 Å². The van der Waals surface area contributed by atoms with E-state index >= 15 is 0 Å². The van der Waals surface area contributed by atoms with E-state index in [1.54, 1.807) is 0 Å². The molecule has 2 unspecified atom stereocenters. The van der Waals surface area contributed by atoms with Crippen LogP contribution in [0.4, 0.5) is 0 Å². The SMILES string of the molecule is C=CC1=C(/C=C\C)C=CC1.CC.CCC1CCCC1O. The van der Waals surface area contributed by atoms with Crippen LogP contribution in [0, 0.1) is 5.92 Å². The maximum absolute atomic E-state index is 9.19. The number of hydrogen-bond donors (Lipinski definition) is 1. The van der Waals surface area contributed by atoms with Gasteiger partial charge in [-0.2, -0.15) is 0 Å². The minimum atomic E-state index is 0.0278. The van der Waals surface area contributed by atoms with Crippen molar-refractivity contribution < 1.29 is 5.11 Å². The minimum Gasteiger partial charge on any atom is -0.393 e. The van der Waals surface area contributed by atoms with Gasteiger partial charge in [-0.05, 0) is 43.3 Å². The fourth-order valence-electron chi connectivity index (χ4n) is 2.57. The van der Waals surface area contributed by atoms with Crippen molar-refractivity contribution in [2.45, 2.75) is 65.9 Å².